The van der Waals surface area contributed by atoms with Gasteiger partial charge in [-0.2, -0.15) is 0 Å². The maximum absolute atomic E-state index is 11.2. The fourth-order valence-electron chi connectivity index (χ4n) is 1.47. The van der Waals surface area contributed by atoms with Gasteiger partial charge in [-0.15, -0.1) is 0 Å². The molecule has 6 nitrogen and oxygen atoms in total. The van der Waals surface area contributed by atoms with E-state index in [1.165, 1.54) is 0 Å². The van der Waals surface area contributed by atoms with Crippen LogP contribution in [0.25, 0.3) is 0 Å². The van der Waals surface area contributed by atoms with Crippen molar-refractivity contribution in [3.63, 3.8) is 0 Å². The average Bonchev–Trinajstić information content (AvgIpc) is 2.74. The molecule has 2 rings (SSSR count). The minimum absolute atomic E-state index is 0.00873. The van der Waals surface area contributed by atoms with Crippen molar-refractivity contribution in [3.05, 3.63) is 0 Å². The smallest absolute Gasteiger partial charge is 0.264 e. The molecule has 1 N–H and O–H groups in total. The molecule has 1 fully saturated rings. The number of carbonyl (C=O) groups excluding carboxylic acids is 3. The molecule has 2 aliphatic rings. The third-order valence-corrected chi connectivity index (χ3v) is 2.19. The zero-order valence-electron chi connectivity index (χ0n) is 7.23. The third-order valence-electron chi connectivity index (χ3n) is 2.19. The van der Waals surface area contributed by atoms with Gasteiger partial charge in [0.15, 0.2) is 12.5 Å². The van der Waals surface area contributed by atoms with E-state index in [0.717, 1.165) is 5.71 Å². The number of Topliss-reactive ketones (excluding diaryl/α,β-unsaturated/α-hetero) is 2. The van der Waals surface area contributed by atoms with Crippen LogP contribution < -0.4 is 5.32 Å². The molecule has 14 heavy (non-hydrogen) atoms. The summed E-state index contributed by atoms with van der Waals surface area (Å²) in [5, 5.41) is 2.81. The molecule has 2 atom stereocenters. The Labute approximate surface area is 79.3 Å². The van der Waals surface area contributed by atoms with Crippen molar-refractivity contribution in [3.8, 4) is 0 Å². The molecular weight excluding hydrogens is 188 g/mol. The number of carbonyl (C=O) groups is 3. The molecule has 6 heteroatoms. The van der Waals surface area contributed by atoms with Gasteiger partial charge in [0.2, 0.25) is 5.78 Å². The van der Waals surface area contributed by atoms with Crippen molar-refractivity contribution in [2.75, 3.05) is 13.2 Å². The van der Waals surface area contributed by atoms with Crippen LogP contribution in [0.4, 0.5) is 0 Å². The van der Waals surface area contributed by atoms with Gasteiger partial charge >= 0.3 is 0 Å². The van der Waals surface area contributed by atoms with Crippen LogP contribution in [-0.2, 0) is 19.1 Å². The van der Waals surface area contributed by atoms with Gasteiger partial charge in [-0.1, -0.05) is 0 Å². The van der Waals surface area contributed by atoms with E-state index in [1.807, 2.05) is 0 Å². The van der Waals surface area contributed by atoms with Crippen LogP contribution in [0.15, 0.2) is 4.99 Å². The molecule has 0 aliphatic carbocycles. The predicted molar refractivity (Wildman–Crippen MR) is 45.0 cm³/mol. The Morgan fingerprint density at radius 3 is 3.00 bits per heavy atom. The number of ether oxygens (including phenoxy) is 1. The number of ketones is 2. The normalized spacial score (nSPS) is 29.6. The van der Waals surface area contributed by atoms with E-state index < -0.39 is 17.7 Å². The van der Waals surface area contributed by atoms with Crippen LogP contribution in [-0.4, -0.2) is 49.0 Å². The molecule has 0 amide bonds. The van der Waals surface area contributed by atoms with Crippen molar-refractivity contribution >= 4 is 23.6 Å². The second kappa shape index (κ2) is 3.39. The quantitative estimate of drug-likeness (QED) is 0.323. The zero-order valence-corrected chi connectivity index (χ0v) is 7.23. The van der Waals surface area contributed by atoms with E-state index in [-0.39, 0.29) is 12.3 Å². The van der Waals surface area contributed by atoms with Gasteiger partial charge < -0.3 is 4.74 Å². The molecule has 1 saturated heterocycles. The number of hydrogen-bond donors (Lipinski definition) is 1. The molecule has 2 aliphatic heterocycles. The summed E-state index contributed by atoms with van der Waals surface area (Å²) >= 11 is 0. The number of aldehydes is 1. The van der Waals surface area contributed by atoms with Crippen LogP contribution in [0.2, 0.25) is 0 Å². The van der Waals surface area contributed by atoms with E-state index in [1.54, 1.807) is 0 Å². The summed E-state index contributed by atoms with van der Waals surface area (Å²) in [4.78, 5) is 36.0. The van der Waals surface area contributed by atoms with Crippen molar-refractivity contribution in [2.45, 2.75) is 12.2 Å². The highest BCUT2D eigenvalue weighted by molar-refractivity contribution is 6.59. The molecule has 0 aromatic rings. The monoisotopic (exact) mass is 196 g/mol. The molecular formula is C8H8N2O4. The van der Waals surface area contributed by atoms with Crippen molar-refractivity contribution in [1.82, 2.24) is 5.32 Å². The first-order chi connectivity index (χ1) is 6.72. The van der Waals surface area contributed by atoms with Gasteiger partial charge in [-0.05, 0) is 0 Å². The molecule has 0 bridgehead atoms. The molecule has 74 valence electrons. The van der Waals surface area contributed by atoms with Gasteiger partial charge in [0, 0.05) is 0 Å². The molecule has 0 aromatic heterocycles. The predicted octanol–water partition coefficient (Wildman–Crippen LogP) is -1.91. The minimum Gasteiger partial charge on any atom is -0.373 e. The summed E-state index contributed by atoms with van der Waals surface area (Å²) in [5.41, 5.74) is 0.738. The number of nitrogens with zero attached hydrogens (tertiary/aromatic N) is 1. The summed E-state index contributed by atoms with van der Waals surface area (Å²) in [6.07, 6.45) is -0.883. The summed E-state index contributed by atoms with van der Waals surface area (Å²) in [6.45, 7) is 0.842. The highest BCUT2D eigenvalue weighted by Gasteiger charge is 2.37. The van der Waals surface area contributed by atoms with Crippen molar-refractivity contribution in [2.24, 2.45) is 4.99 Å². The lowest BCUT2D eigenvalue weighted by molar-refractivity contribution is -0.140. The average molecular weight is 196 g/mol. The summed E-state index contributed by atoms with van der Waals surface area (Å²) in [5.74, 6) is -1.85. The van der Waals surface area contributed by atoms with Gasteiger partial charge in [0.1, 0.15) is 0 Å². The van der Waals surface area contributed by atoms with E-state index in [2.05, 4.69) is 10.3 Å². The summed E-state index contributed by atoms with van der Waals surface area (Å²) < 4.78 is 5.07. The second-order valence-electron chi connectivity index (χ2n) is 3.10. The number of aliphatic imine (C=N–C) groups is 1. The zero-order chi connectivity index (χ0) is 10.1. The Balaban J connectivity index is 2.09. The maximum atomic E-state index is 11.2. The largest absolute Gasteiger partial charge is 0.373 e. The second-order valence-corrected chi connectivity index (χ2v) is 3.10. The number of hydrogen-bond acceptors (Lipinski definition) is 6. The Morgan fingerprint density at radius 2 is 2.36 bits per heavy atom. The van der Waals surface area contributed by atoms with Crippen LogP contribution in [0.1, 0.15) is 0 Å². The Bertz CT molecular complexity index is 336. The number of rotatable bonds is 3. The highest BCUT2D eigenvalue weighted by atomic mass is 16.5. The lowest BCUT2D eigenvalue weighted by Crippen LogP contribution is -2.41. The number of fused-ring (bicyclic) bond motifs is 1. The van der Waals surface area contributed by atoms with E-state index in [4.69, 9.17) is 4.74 Å². The molecule has 0 radical (unpaired) electrons. The molecule has 0 saturated carbocycles. The van der Waals surface area contributed by atoms with E-state index in [9.17, 15) is 14.4 Å². The first-order valence-electron chi connectivity index (χ1n) is 4.16. The minimum atomic E-state index is -1.05. The third kappa shape index (κ3) is 1.38. The van der Waals surface area contributed by atoms with Crippen LogP contribution in [0, 0.1) is 0 Å². The van der Waals surface area contributed by atoms with Gasteiger partial charge in [-0.25, -0.2) is 0 Å². The van der Waals surface area contributed by atoms with Gasteiger partial charge in [0.25, 0.3) is 5.78 Å². The SMILES string of the molecule is O=CC(=O)C(=O)C1N=C2COCC2N1. The molecule has 2 heterocycles. The highest BCUT2D eigenvalue weighted by Crippen LogP contribution is 2.12. The van der Waals surface area contributed by atoms with Gasteiger partial charge in [-0.3, -0.25) is 24.7 Å². The van der Waals surface area contributed by atoms with Crippen molar-refractivity contribution < 1.29 is 19.1 Å². The van der Waals surface area contributed by atoms with Crippen LogP contribution >= 0.6 is 0 Å². The fraction of sp³-hybridized carbons (Fsp3) is 0.500. The molecule has 0 aromatic carbocycles. The van der Waals surface area contributed by atoms with E-state index >= 15 is 0 Å². The lowest BCUT2D eigenvalue weighted by atomic mass is 10.2. The Morgan fingerprint density at radius 1 is 1.57 bits per heavy atom. The first-order valence-corrected chi connectivity index (χ1v) is 4.16. The van der Waals surface area contributed by atoms with Gasteiger partial charge in [0.05, 0.1) is 25.0 Å². The molecule has 2 unspecified atom stereocenters. The maximum Gasteiger partial charge on any atom is 0.264 e. The lowest BCUT2D eigenvalue weighted by Gasteiger charge is -2.07. The summed E-state index contributed by atoms with van der Waals surface area (Å²) in [7, 11) is 0. The van der Waals surface area contributed by atoms with E-state index in [0.29, 0.717) is 13.2 Å². The Hall–Kier alpha value is -1.40. The van der Waals surface area contributed by atoms with Crippen LogP contribution in [0.3, 0.4) is 0 Å². The van der Waals surface area contributed by atoms with Crippen molar-refractivity contribution in [1.29, 1.82) is 0 Å². The first kappa shape index (κ1) is 9.17. The summed E-state index contributed by atoms with van der Waals surface area (Å²) in [6, 6.07) is -0.0802. The topological polar surface area (TPSA) is 84.8 Å². The van der Waals surface area contributed by atoms with Crippen LogP contribution in [0.5, 0.6) is 0 Å². The fourth-order valence-corrected chi connectivity index (χ4v) is 1.47. The standard InChI is InChI=1S/C8H8N2O4/c11-1-6(12)7(13)8-9-4-2-14-3-5(4)10-8/h1,4,8-9H,2-3H2. The Kier molecular flexibility index (Phi) is 2.22. The molecule has 0 spiro atoms. The number of nitrogens with one attached hydrogen (secondary N) is 1.